The summed E-state index contributed by atoms with van der Waals surface area (Å²) in [6.07, 6.45) is 1.46. The molecule has 29 heavy (non-hydrogen) atoms. The summed E-state index contributed by atoms with van der Waals surface area (Å²) in [6.45, 7) is 5.57. The molecule has 7 heteroatoms. The molecule has 2 aromatic carbocycles. The zero-order chi connectivity index (χ0) is 21.4. The first-order chi connectivity index (χ1) is 13.8. The first-order valence-corrected chi connectivity index (χ1v) is 9.14. The van der Waals surface area contributed by atoms with Crippen LogP contribution in [0.2, 0.25) is 0 Å². The molecule has 0 spiro atoms. The molecule has 0 fully saturated rings. The molecule has 152 valence electrons. The minimum atomic E-state index is -1.43. The molecule has 2 rings (SSSR count). The van der Waals surface area contributed by atoms with E-state index in [1.54, 1.807) is 48.5 Å². The Balaban J connectivity index is 2.28. The van der Waals surface area contributed by atoms with Crippen molar-refractivity contribution in [3.8, 4) is 5.75 Å². The lowest BCUT2D eigenvalue weighted by atomic mass is 10.1. The van der Waals surface area contributed by atoms with Gasteiger partial charge in [0.2, 0.25) is 0 Å². The van der Waals surface area contributed by atoms with Gasteiger partial charge < -0.3 is 25.3 Å². The number of carboxylic acids is 1. The van der Waals surface area contributed by atoms with Crippen LogP contribution in [0.15, 0.2) is 54.2 Å². The van der Waals surface area contributed by atoms with Gasteiger partial charge in [-0.1, -0.05) is 29.8 Å². The molecular weight excluding hydrogens is 372 g/mol. The van der Waals surface area contributed by atoms with Crippen molar-refractivity contribution in [1.29, 1.82) is 0 Å². The molecule has 0 saturated heterocycles. The average molecular weight is 395 g/mol. The minimum Gasteiger partial charge on any atom is -0.548 e. The van der Waals surface area contributed by atoms with Crippen LogP contribution in [-0.4, -0.2) is 30.4 Å². The van der Waals surface area contributed by atoms with Crippen LogP contribution in [0, 0.1) is 6.92 Å². The fourth-order valence-electron chi connectivity index (χ4n) is 2.38. The third-order valence-electron chi connectivity index (χ3n) is 4.01. The van der Waals surface area contributed by atoms with Gasteiger partial charge in [-0.2, -0.15) is 0 Å². The van der Waals surface area contributed by atoms with Crippen LogP contribution in [0.4, 0.5) is 0 Å². The Hall–Kier alpha value is -3.61. The van der Waals surface area contributed by atoms with Crippen LogP contribution in [0.25, 0.3) is 6.08 Å². The van der Waals surface area contributed by atoms with Crippen LogP contribution in [0.3, 0.4) is 0 Å². The number of hydrogen-bond donors (Lipinski definition) is 2. The summed E-state index contributed by atoms with van der Waals surface area (Å²) >= 11 is 0. The molecule has 0 bridgehead atoms. The standard InChI is InChI=1S/C22H24N2O5/c1-4-29-18-11-7-16(8-12-18)13-19(21(26)23-15(3)22(27)28)24-20(25)17-9-5-14(2)6-10-17/h5-13,15H,4H2,1-3H3,(H,23,26)(H,24,25)(H,27,28)/p-1/b19-13-/t15-/m0/s1. The van der Waals surface area contributed by atoms with E-state index in [0.29, 0.717) is 23.5 Å². The summed E-state index contributed by atoms with van der Waals surface area (Å²) in [5.41, 5.74) is 1.90. The van der Waals surface area contributed by atoms with Gasteiger partial charge in [0.1, 0.15) is 11.4 Å². The first-order valence-electron chi connectivity index (χ1n) is 9.14. The number of carboxylic acid groups (broad SMARTS) is 1. The third kappa shape index (κ3) is 6.49. The smallest absolute Gasteiger partial charge is 0.268 e. The molecule has 0 unspecified atom stereocenters. The number of aliphatic carboxylic acids is 1. The summed E-state index contributed by atoms with van der Waals surface area (Å²) in [5.74, 6) is -1.98. The van der Waals surface area contributed by atoms with Gasteiger partial charge >= 0.3 is 0 Å². The van der Waals surface area contributed by atoms with E-state index in [2.05, 4.69) is 10.6 Å². The highest BCUT2D eigenvalue weighted by Crippen LogP contribution is 2.15. The molecule has 0 radical (unpaired) electrons. The zero-order valence-electron chi connectivity index (χ0n) is 16.5. The fourth-order valence-corrected chi connectivity index (χ4v) is 2.38. The topological polar surface area (TPSA) is 108 Å². The van der Waals surface area contributed by atoms with E-state index in [0.717, 1.165) is 5.56 Å². The van der Waals surface area contributed by atoms with E-state index in [1.807, 2.05) is 13.8 Å². The van der Waals surface area contributed by atoms with Crippen molar-refractivity contribution in [3.05, 3.63) is 70.9 Å². The second-order valence-electron chi connectivity index (χ2n) is 6.39. The largest absolute Gasteiger partial charge is 0.548 e. The van der Waals surface area contributed by atoms with Crippen molar-refractivity contribution in [3.63, 3.8) is 0 Å². The van der Waals surface area contributed by atoms with E-state index in [9.17, 15) is 19.5 Å². The fraction of sp³-hybridized carbons (Fsp3) is 0.227. The monoisotopic (exact) mass is 395 g/mol. The van der Waals surface area contributed by atoms with Gasteiger partial charge in [-0.3, -0.25) is 9.59 Å². The molecule has 0 aromatic heterocycles. The van der Waals surface area contributed by atoms with E-state index < -0.39 is 23.8 Å². The van der Waals surface area contributed by atoms with Crippen LogP contribution >= 0.6 is 0 Å². The maximum absolute atomic E-state index is 12.5. The van der Waals surface area contributed by atoms with Gasteiger partial charge in [0.15, 0.2) is 0 Å². The normalized spacial score (nSPS) is 12.0. The Labute approximate surface area is 169 Å². The predicted molar refractivity (Wildman–Crippen MR) is 107 cm³/mol. The van der Waals surface area contributed by atoms with Crippen molar-refractivity contribution in [1.82, 2.24) is 10.6 Å². The SMILES string of the molecule is CCOc1ccc(/C=C(\NC(=O)c2ccc(C)cc2)C(=O)N[C@@H](C)C(=O)[O-])cc1. The van der Waals surface area contributed by atoms with Crippen LogP contribution in [0.5, 0.6) is 5.75 Å². The van der Waals surface area contributed by atoms with E-state index >= 15 is 0 Å². The third-order valence-corrected chi connectivity index (χ3v) is 4.01. The number of ether oxygens (including phenoxy) is 1. The van der Waals surface area contributed by atoms with Gasteiger partial charge in [-0.05, 0) is 56.7 Å². The Kier molecular flexibility index (Phi) is 7.54. The lowest BCUT2D eigenvalue weighted by Crippen LogP contribution is -2.48. The van der Waals surface area contributed by atoms with Gasteiger partial charge in [-0.25, -0.2) is 0 Å². The molecule has 0 saturated carbocycles. The second kappa shape index (κ2) is 10.1. The number of carbonyl (C=O) groups is 3. The number of hydrogen-bond acceptors (Lipinski definition) is 5. The summed E-state index contributed by atoms with van der Waals surface area (Å²) in [6, 6.07) is 12.5. The lowest BCUT2D eigenvalue weighted by Gasteiger charge is -2.17. The van der Waals surface area contributed by atoms with Crippen LogP contribution < -0.4 is 20.5 Å². The molecule has 0 heterocycles. The Morgan fingerprint density at radius 1 is 1.07 bits per heavy atom. The van der Waals surface area contributed by atoms with Crippen LogP contribution in [0.1, 0.15) is 35.3 Å². The molecule has 0 aliphatic heterocycles. The summed E-state index contributed by atoms with van der Waals surface area (Å²) in [7, 11) is 0. The van der Waals surface area contributed by atoms with E-state index in [-0.39, 0.29) is 5.70 Å². The zero-order valence-corrected chi connectivity index (χ0v) is 16.5. The maximum atomic E-state index is 12.5. The molecule has 0 aliphatic rings. The van der Waals surface area contributed by atoms with Gasteiger partial charge in [0.25, 0.3) is 11.8 Å². The molecule has 7 nitrogen and oxygen atoms in total. The molecule has 2 N–H and O–H groups in total. The number of carbonyl (C=O) groups excluding carboxylic acids is 3. The lowest BCUT2D eigenvalue weighted by molar-refractivity contribution is -0.307. The average Bonchev–Trinajstić information content (AvgIpc) is 2.69. The minimum absolute atomic E-state index is 0.0900. The summed E-state index contributed by atoms with van der Waals surface area (Å²) in [4.78, 5) is 36.0. The number of aryl methyl sites for hydroxylation is 1. The van der Waals surface area contributed by atoms with Gasteiger partial charge in [-0.15, -0.1) is 0 Å². The van der Waals surface area contributed by atoms with E-state index in [1.165, 1.54) is 13.0 Å². The number of nitrogens with one attached hydrogen (secondary N) is 2. The first kappa shape index (κ1) is 21.7. The highest BCUT2D eigenvalue weighted by Gasteiger charge is 2.17. The molecular formula is C22H23N2O5-. The van der Waals surface area contributed by atoms with Crippen LogP contribution in [-0.2, 0) is 9.59 Å². The van der Waals surface area contributed by atoms with Crippen molar-refractivity contribution in [2.45, 2.75) is 26.8 Å². The molecule has 2 amide bonds. The highest BCUT2D eigenvalue weighted by atomic mass is 16.5. The molecule has 1 atom stereocenters. The molecule has 2 aromatic rings. The van der Waals surface area contributed by atoms with Crippen molar-refractivity contribution < 1.29 is 24.2 Å². The number of rotatable bonds is 8. The Morgan fingerprint density at radius 2 is 1.69 bits per heavy atom. The van der Waals surface area contributed by atoms with Gasteiger partial charge in [0, 0.05) is 5.56 Å². The van der Waals surface area contributed by atoms with E-state index in [4.69, 9.17) is 4.74 Å². The number of benzene rings is 2. The quantitative estimate of drug-likeness (QED) is 0.658. The van der Waals surface area contributed by atoms with Gasteiger partial charge in [0.05, 0.1) is 18.6 Å². The number of amides is 2. The highest BCUT2D eigenvalue weighted by molar-refractivity contribution is 6.06. The van der Waals surface area contributed by atoms with Crippen molar-refractivity contribution in [2.24, 2.45) is 0 Å². The van der Waals surface area contributed by atoms with Crippen molar-refractivity contribution in [2.75, 3.05) is 6.61 Å². The summed E-state index contributed by atoms with van der Waals surface area (Å²) < 4.78 is 5.38. The van der Waals surface area contributed by atoms with Crippen molar-refractivity contribution >= 4 is 23.9 Å². The summed E-state index contributed by atoms with van der Waals surface area (Å²) in [5, 5.41) is 15.8. The Morgan fingerprint density at radius 3 is 2.24 bits per heavy atom. The maximum Gasteiger partial charge on any atom is 0.268 e. The second-order valence-corrected chi connectivity index (χ2v) is 6.39. The molecule has 0 aliphatic carbocycles. The Bertz CT molecular complexity index is 902. The predicted octanol–water partition coefficient (Wildman–Crippen LogP) is 1.42.